The SMILES string of the molecule is Cc1nc2cc(F)cc(C(=O)NNC(=O)[C@@H]3CCCO3)c2nc1C. The van der Waals surface area contributed by atoms with Crippen molar-refractivity contribution < 1.29 is 18.7 Å². The standard InChI is InChI=1S/C16H17FN4O3/c1-8-9(2)19-14-11(6-10(17)7-12(14)18-8)15(22)20-21-16(23)13-4-3-5-24-13/h6-7,13H,3-5H2,1-2H3,(H,20,22)(H,21,23)/t13-/m0/s1. The molecule has 0 unspecified atom stereocenters. The minimum Gasteiger partial charge on any atom is -0.368 e. The number of nitrogens with one attached hydrogen (secondary N) is 2. The number of carbonyl (C=O) groups is 2. The van der Waals surface area contributed by atoms with Gasteiger partial charge < -0.3 is 4.74 Å². The maximum atomic E-state index is 13.8. The molecule has 0 bridgehead atoms. The number of hydrogen-bond donors (Lipinski definition) is 2. The van der Waals surface area contributed by atoms with Crippen molar-refractivity contribution in [3.8, 4) is 0 Å². The zero-order chi connectivity index (χ0) is 17.3. The van der Waals surface area contributed by atoms with E-state index in [1.165, 1.54) is 6.07 Å². The van der Waals surface area contributed by atoms with E-state index in [4.69, 9.17) is 4.74 Å². The van der Waals surface area contributed by atoms with Gasteiger partial charge in [-0.1, -0.05) is 0 Å². The first-order valence-electron chi connectivity index (χ1n) is 7.62. The van der Waals surface area contributed by atoms with Crippen LogP contribution in [0.4, 0.5) is 4.39 Å². The number of hydrogen-bond acceptors (Lipinski definition) is 5. The third kappa shape index (κ3) is 3.18. The first kappa shape index (κ1) is 16.3. The van der Waals surface area contributed by atoms with Gasteiger partial charge in [-0.05, 0) is 32.8 Å². The second kappa shape index (κ2) is 6.48. The predicted octanol–water partition coefficient (Wildman–Crippen LogP) is 1.33. The van der Waals surface area contributed by atoms with Crippen molar-refractivity contribution >= 4 is 22.8 Å². The molecular weight excluding hydrogens is 315 g/mol. The lowest BCUT2D eigenvalue weighted by Gasteiger charge is -2.12. The summed E-state index contributed by atoms with van der Waals surface area (Å²) in [6, 6.07) is 2.29. The van der Waals surface area contributed by atoms with Gasteiger partial charge in [0.1, 0.15) is 17.4 Å². The normalized spacial score (nSPS) is 17.0. The van der Waals surface area contributed by atoms with E-state index in [1.807, 2.05) is 0 Å². The number of halogens is 1. The highest BCUT2D eigenvalue weighted by Crippen LogP contribution is 2.19. The van der Waals surface area contributed by atoms with Crippen LogP contribution in [0.25, 0.3) is 11.0 Å². The van der Waals surface area contributed by atoms with E-state index in [0.29, 0.717) is 24.4 Å². The summed E-state index contributed by atoms with van der Waals surface area (Å²) in [5.74, 6) is -1.70. The van der Waals surface area contributed by atoms with Crippen LogP contribution in [0.1, 0.15) is 34.6 Å². The summed E-state index contributed by atoms with van der Waals surface area (Å²) in [5, 5.41) is 0. The van der Waals surface area contributed by atoms with Crippen molar-refractivity contribution in [2.24, 2.45) is 0 Å². The maximum absolute atomic E-state index is 13.8. The van der Waals surface area contributed by atoms with Crippen molar-refractivity contribution in [3.05, 3.63) is 34.9 Å². The molecule has 1 aliphatic heterocycles. The molecule has 7 nitrogen and oxygen atoms in total. The first-order valence-corrected chi connectivity index (χ1v) is 7.62. The van der Waals surface area contributed by atoms with E-state index >= 15 is 0 Å². The highest BCUT2D eigenvalue weighted by molar-refractivity contribution is 6.05. The largest absolute Gasteiger partial charge is 0.368 e. The predicted molar refractivity (Wildman–Crippen MR) is 83.6 cm³/mol. The van der Waals surface area contributed by atoms with Crippen LogP contribution in [0.2, 0.25) is 0 Å². The topological polar surface area (TPSA) is 93.2 Å². The van der Waals surface area contributed by atoms with Gasteiger partial charge in [0.05, 0.1) is 22.5 Å². The molecule has 126 valence electrons. The number of fused-ring (bicyclic) bond motifs is 1. The molecule has 2 aromatic rings. The van der Waals surface area contributed by atoms with Gasteiger partial charge in [-0.2, -0.15) is 0 Å². The number of nitrogens with zero attached hydrogens (tertiary/aromatic N) is 2. The average molecular weight is 332 g/mol. The number of carbonyl (C=O) groups excluding carboxylic acids is 2. The van der Waals surface area contributed by atoms with E-state index in [1.54, 1.807) is 13.8 Å². The molecule has 3 rings (SSSR count). The van der Waals surface area contributed by atoms with E-state index in [2.05, 4.69) is 20.8 Å². The molecule has 2 N–H and O–H groups in total. The Kier molecular flexibility index (Phi) is 4.39. The van der Waals surface area contributed by atoms with Crippen LogP contribution in [0.3, 0.4) is 0 Å². The average Bonchev–Trinajstić information content (AvgIpc) is 3.07. The first-order chi connectivity index (χ1) is 11.5. The molecule has 8 heteroatoms. The summed E-state index contributed by atoms with van der Waals surface area (Å²) in [4.78, 5) is 32.7. The summed E-state index contributed by atoms with van der Waals surface area (Å²) < 4.78 is 19.0. The number of ether oxygens (including phenoxy) is 1. The van der Waals surface area contributed by atoms with Gasteiger partial charge in [0.15, 0.2) is 0 Å². The lowest BCUT2D eigenvalue weighted by atomic mass is 10.1. The Labute approximate surface area is 137 Å². The summed E-state index contributed by atoms with van der Waals surface area (Å²) in [6.45, 7) is 4.04. The zero-order valence-electron chi connectivity index (χ0n) is 13.4. The van der Waals surface area contributed by atoms with Crippen LogP contribution < -0.4 is 10.9 Å². The number of rotatable bonds is 2. The number of aryl methyl sites for hydroxylation is 2. The second-order valence-electron chi connectivity index (χ2n) is 5.66. The van der Waals surface area contributed by atoms with Gasteiger partial charge in [0.2, 0.25) is 0 Å². The molecule has 1 aromatic carbocycles. The Morgan fingerprint density at radius 3 is 2.67 bits per heavy atom. The smallest absolute Gasteiger partial charge is 0.272 e. The highest BCUT2D eigenvalue weighted by Gasteiger charge is 2.24. The van der Waals surface area contributed by atoms with Crippen molar-refractivity contribution in [2.75, 3.05) is 6.61 Å². The molecule has 0 saturated carbocycles. The van der Waals surface area contributed by atoms with Crippen LogP contribution in [0, 0.1) is 19.7 Å². The lowest BCUT2D eigenvalue weighted by Crippen LogP contribution is -2.46. The van der Waals surface area contributed by atoms with Gasteiger partial charge in [-0.25, -0.2) is 14.4 Å². The monoisotopic (exact) mass is 332 g/mol. The quantitative estimate of drug-likeness (QED) is 0.809. The molecule has 0 aliphatic carbocycles. The minimum absolute atomic E-state index is 0.00763. The highest BCUT2D eigenvalue weighted by atomic mass is 19.1. The summed E-state index contributed by atoms with van der Waals surface area (Å²) >= 11 is 0. The van der Waals surface area contributed by atoms with E-state index in [9.17, 15) is 14.0 Å². The summed E-state index contributed by atoms with van der Waals surface area (Å²) in [7, 11) is 0. The molecule has 1 saturated heterocycles. The molecule has 24 heavy (non-hydrogen) atoms. The number of hydrazine groups is 1. The van der Waals surface area contributed by atoms with E-state index < -0.39 is 23.7 Å². The summed E-state index contributed by atoms with van der Waals surface area (Å²) in [5.41, 5.74) is 6.45. The number of aromatic nitrogens is 2. The Morgan fingerprint density at radius 2 is 1.96 bits per heavy atom. The molecule has 0 spiro atoms. The van der Waals surface area contributed by atoms with Gasteiger partial charge in [-0.3, -0.25) is 20.4 Å². The molecule has 1 fully saturated rings. The molecular formula is C16H17FN4O3. The third-order valence-corrected chi connectivity index (χ3v) is 3.91. The van der Waals surface area contributed by atoms with Crippen LogP contribution in [-0.4, -0.2) is 34.5 Å². The fourth-order valence-corrected chi connectivity index (χ4v) is 2.52. The molecule has 2 amide bonds. The van der Waals surface area contributed by atoms with Crippen molar-refractivity contribution in [1.29, 1.82) is 0 Å². The zero-order valence-corrected chi connectivity index (χ0v) is 13.4. The molecule has 1 aliphatic rings. The van der Waals surface area contributed by atoms with Gasteiger partial charge in [-0.15, -0.1) is 0 Å². The maximum Gasteiger partial charge on any atom is 0.272 e. The van der Waals surface area contributed by atoms with Gasteiger partial charge in [0.25, 0.3) is 11.8 Å². The van der Waals surface area contributed by atoms with Crippen LogP contribution in [0.5, 0.6) is 0 Å². The fourth-order valence-electron chi connectivity index (χ4n) is 2.52. The molecule has 0 radical (unpaired) electrons. The number of amides is 2. The van der Waals surface area contributed by atoms with Crippen LogP contribution >= 0.6 is 0 Å². The lowest BCUT2D eigenvalue weighted by molar-refractivity contribution is -0.130. The molecule has 2 heterocycles. The number of benzene rings is 1. The minimum atomic E-state index is -0.664. The van der Waals surface area contributed by atoms with Crippen LogP contribution in [-0.2, 0) is 9.53 Å². The van der Waals surface area contributed by atoms with Gasteiger partial charge in [0, 0.05) is 12.7 Å². The van der Waals surface area contributed by atoms with Crippen molar-refractivity contribution in [3.63, 3.8) is 0 Å². The Balaban J connectivity index is 1.83. The summed E-state index contributed by atoms with van der Waals surface area (Å²) in [6.07, 6.45) is 0.836. The third-order valence-electron chi connectivity index (χ3n) is 3.91. The van der Waals surface area contributed by atoms with E-state index in [0.717, 1.165) is 12.5 Å². The second-order valence-corrected chi connectivity index (χ2v) is 5.66. The van der Waals surface area contributed by atoms with E-state index in [-0.39, 0.29) is 16.6 Å². The van der Waals surface area contributed by atoms with Crippen molar-refractivity contribution in [2.45, 2.75) is 32.8 Å². The Morgan fingerprint density at radius 1 is 1.21 bits per heavy atom. The Hall–Kier alpha value is -2.61. The molecule has 1 aromatic heterocycles. The molecule has 1 atom stereocenters. The fraction of sp³-hybridized carbons (Fsp3) is 0.375. The van der Waals surface area contributed by atoms with Crippen molar-refractivity contribution in [1.82, 2.24) is 20.8 Å². The van der Waals surface area contributed by atoms with Gasteiger partial charge >= 0.3 is 0 Å². The van der Waals surface area contributed by atoms with Crippen LogP contribution in [0.15, 0.2) is 12.1 Å². The Bertz CT molecular complexity index is 819.